The number of para-hydroxylation sites is 1. The van der Waals surface area contributed by atoms with E-state index in [0.29, 0.717) is 11.1 Å². The molecule has 1 unspecified atom stereocenters. The normalized spacial score (nSPS) is 11.9. The number of carbonyl (C=O) groups is 2. The third kappa shape index (κ3) is 3.75. The Balaban J connectivity index is 1.91. The van der Waals surface area contributed by atoms with Crippen LogP contribution in [-0.4, -0.2) is 28.0 Å². The Morgan fingerprint density at radius 2 is 1.81 bits per heavy atom. The van der Waals surface area contributed by atoms with Crippen molar-refractivity contribution in [2.24, 2.45) is 0 Å². The van der Waals surface area contributed by atoms with Crippen molar-refractivity contribution in [1.82, 2.24) is 10.3 Å². The van der Waals surface area contributed by atoms with E-state index >= 15 is 0 Å². The highest BCUT2D eigenvalue weighted by Crippen LogP contribution is 2.18. The van der Waals surface area contributed by atoms with E-state index in [0.717, 1.165) is 5.39 Å². The van der Waals surface area contributed by atoms with E-state index < -0.39 is 17.9 Å². The van der Waals surface area contributed by atoms with Gasteiger partial charge in [0.05, 0.1) is 10.6 Å². The van der Waals surface area contributed by atoms with Crippen LogP contribution >= 0.6 is 11.6 Å². The molecule has 1 atom stereocenters. The van der Waals surface area contributed by atoms with Crippen LogP contribution in [0.2, 0.25) is 5.02 Å². The van der Waals surface area contributed by atoms with Crippen molar-refractivity contribution in [3.63, 3.8) is 0 Å². The number of pyridine rings is 1. The predicted octanol–water partition coefficient (Wildman–Crippen LogP) is 2.61. The van der Waals surface area contributed by atoms with Crippen LogP contribution in [0.4, 0.5) is 0 Å². The average molecular weight is 371 g/mol. The molecular formula is C19H15ClN2O4. The van der Waals surface area contributed by atoms with Crippen LogP contribution in [0.25, 0.3) is 10.9 Å². The molecule has 0 aliphatic heterocycles. The first-order chi connectivity index (χ1) is 12.5. The molecule has 0 bridgehead atoms. The van der Waals surface area contributed by atoms with E-state index in [-0.39, 0.29) is 22.6 Å². The second kappa shape index (κ2) is 7.41. The molecule has 3 aromatic rings. The second-order valence-corrected chi connectivity index (χ2v) is 6.16. The summed E-state index contributed by atoms with van der Waals surface area (Å²) in [5.41, 5.74) is 1.00. The molecule has 3 N–H and O–H groups in total. The van der Waals surface area contributed by atoms with Crippen LogP contribution in [-0.2, 0) is 11.2 Å². The minimum Gasteiger partial charge on any atom is -0.480 e. The van der Waals surface area contributed by atoms with Crippen LogP contribution in [0.1, 0.15) is 15.9 Å². The molecule has 0 saturated carbocycles. The Morgan fingerprint density at radius 1 is 1.12 bits per heavy atom. The first kappa shape index (κ1) is 17.7. The summed E-state index contributed by atoms with van der Waals surface area (Å²) >= 11 is 5.99. The van der Waals surface area contributed by atoms with Crippen molar-refractivity contribution < 1.29 is 14.7 Å². The maximum absolute atomic E-state index is 12.4. The minimum atomic E-state index is -1.20. The van der Waals surface area contributed by atoms with E-state index in [9.17, 15) is 19.5 Å². The van der Waals surface area contributed by atoms with Gasteiger partial charge in [0.25, 0.3) is 5.91 Å². The summed E-state index contributed by atoms with van der Waals surface area (Å²) < 4.78 is 0. The molecule has 0 fully saturated rings. The third-order valence-corrected chi connectivity index (χ3v) is 4.31. The van der Waals surface area contributed by atoms with E-state index in [1.807, 2.05) is 0 Å². The Kier molecular flexibility index (Phi) is 5.04. The van der Waals surface area contributed by atoms with Crippen molar-refractivity contribution in [1.29, 1.82) is 0 Å². The molecular weight excluding hydrogens is 356 g/mol. The lowest BCUT2D eigenvalue weighted by Gasteiger charge is -2.16. The molecule has 2 aromatic carbocycles. The third-order valence-electron chi connectivity index (χ3n) is 3.98. The molecule has 0 aliphatic rings. The number of hydrogen-bond acceptors (Lipinski definition) is 3. The molecule has 1 heterocycles. The molecule has 7 heteroatoms. The molecule has 1 aromatic heterocycles. The van der Waals surface area contributed by atoms with Crippen molar-refractivity contribution >= 4 is 34.4 Å². The Labute approximate surface area is 153 Å². The standard InChI is InChI=1S/C19H15ClN2O4/c20-14-7-3-1-6-13(14)18(24)22-16(19(25)26)9-11-10-17(23)21-15-8-4-2-5-12(11)15/h1-8,10,16H,9H2,(H,21,23)(H,22,24)(H,25,26). The SMILES string of the molecule is O=C(NC(Cc1cc(=O)[nH]c2ccccc12)C(=O)O)c1ccccc1Cl. The fraction of sp³-hybridized carbons (Fsp3) is 0.105. The monoisotopic (exact) mass is 370 g/mol. The maximum atomic E-state index is 12.4. The fourth-order valence-corrected chi connectivity index (χ4v) is 2.97. The van der Waals surface area contributed by atoms with Crippen molar-refractivity contribution in [3.8, 4) is 0 Å². The van der Waals surface area contributed by atoms with Gasteiger partial charge in [0, 0.05) is 23.4 Å². The zero-order chi connectivity index (χ0) is 18.7. The summed E-state index contributed by atoms with van der Waals surface area (Å²) in [5, 5.41) is 12.9. The van der Waals surface area contributed by atoms with Crippen LogP contribution in [0.15, 0.2) is 59.4 Å². The number of carboxylic acids is 1. The zero-order valence-corrected chi connectivity index (χ0v) is 14.3. The summed E-state index contributed by atoms with van der Waals surface area (Å²) in [4.78, 5) is 38.6. The zero-order valence-electron chi connectivity index (χ0n) is 13.5. The Hall–Kier alpha value is -3.12. The van der Waals surface area contributed by atoms with Gasteiger partial charge in [-0.05, 0) is 23.8 Å². The van der Waals surface area contributed by atoms with Gasteiger partial charge in [-0.1, -0.05) is 41.9 Å². The number of H-pyrrole nitrogens is 1. The van der Waals surface area contributed by atoms with Gasteiger partial charge >= 0.3 is 5.97 Å². The van der Waals surface area contributed by atoms with Crippen molar-refractivity contribution in [2.75, 3.05) is 0 Å². The molecule has 1 amide bonds. The van der Waals surface area contributed by atoms with Gasteiger partial charge in [-0.3, -0.25) is 9.59 Å². The highest BCUT2D eigenvalue weighted by atomic mass is 35.5. The summed E-state index contributed by atoms with van der Waals surface area (Å²) in [6, 6.07) is 13.6. The smallest absolute Gasteiger partial charge is 0.326 e. The molecule has 0 aliphatic carbocycles. The number of aliphatic carboxylic acids is 1. The van der Waals surface area contributed by atoms with Crippen LogP contribution < -0.4 is 10.9 Å². The number of carboxylic acid groups (broad SMARTS) is 1. The molecule has 132 valence electrons. The van der Waals surface area contributed by atoms with Gasteiger partial charge in [-0.25, -0.2) is 4.79 Å². The van der Waals surface area contributed by atoms with Crippen molar-refractivity contribution in [3.05, 3.63) is 81.1 Å². The quantitative estimate of drug-likeness (QED) is 0.642. The summed E-state index contributed by atoms with van der Waals surface area (Å²) in [7, 11) is 0. The number of rotatable bonds is 5. The Bertz CT molecular complexity index is 1040. The number of halogens is 1. The number of amides is 1. The predicted molar refractivity (Wildman–Crippen MR) is 98.6 cm³/mol. The highest BCUT2D eigenvalue weighted by molar-refractivity contribution is 6.33. The average Bonchev–Trinajstić information content (AvgIpc) is 2.61. The topological polar surface area (TPSA) is 99.3 Å². The number of hydrogen-bond donors (Lipinski definition) is 3. The first-order valence-electron chi connectivity index (χ1n) is 7.85. The summed E-state index contributed by atoms with van der Waals surface area (Å²) in [6.45, 7) is 0. The summed E-state index contributed by atoms with van der Waals surface area (Å²) in [5.74, 6) is -1.79. The second-order valence-electron chi connectivity index (χ2n) is 5.75. The van der Waals surface area contributed by atoms with Gasteiger partial charge in [-0.2, -0.15) is 0 Å². The van der Waals surface area contributed by atoms with Gasteiger partial charge in [0.15, 0.2) is 0 Å². The van der Waals surface area contributed by atoms with Gasteiger partial charge in [0.1, 0.15) is 6.04 Å². The van der Waals surface area contributed by atoms with Gasteiger partial charge in [-0.15, -0.1) is 0 Å². The largest absolute Gasteiger partial charge is 0.480 e. The van der Waals surface area contributed by atoms with E-state index in [2.05, 4.69) is 10.3 Å². The lowest BCUT2D eigenvalue weighted by molar-refractivity contribution is -0.139. The van der Waals surface area contributed by atoms with E-state index in [1.54, 1.807) is 42.5 Å². The van der Waals surface area contributed by atoms with Gasteiger partial charge in [0.2, 0.25) is 5.56 Å². The maximum Gasteiger partial charge on any atom is 0.326 e. The number of aromatic amines is 1. The van der Waals surface area contributed by atoms with Crippen LogP contribution in [0.5, 0.6) is 0 Å². The molecule has 0 radical (unpaired) electrons. The van der Waals surface area contributed by atoms with E-state index in [4.69, 9.17) is 11.6 Å². The van der Waals surface area contributed by atoms with Crippen LogP contribution in [0.3, 0.4) is 0 Å². The lowest BCUT2D eigenvalue weighted by atomic mass is 10.0. The Morgan fingerprint density at radius 3 is 2.54 bits per heavy atom. The first-order valence-corrected chi connectivity index (χ1v) is 8.22. The number of nitrogens with one attached hydrogen (secondary N) is 2. The van der Waals surface area contributed by atoms with E-state index in [1.165, 1.54) is 12.1 Å². The number of fused-ring (bicyclic) bond motifs is 1. The summed E-state index contributed by atoms with van der Waals surface area (Å²) in [6.07, 6.45) is -0.0318. The fourth-order valence-electron chi connectivity index (χ4n) is 2.75. The number of aromatic nitrogens is 1. The molecule has 3 rings (SSSR count). The highest BCUT2D eigenvalue weighted by Gasteiger charge is 2.23. The molecule has 0 saturated heterocycles. The lowest BCUT2D eigenvalue weighted by Crippen LogP contribution is -2.42. The molecule has 6 nitrogen and oxygen atoms in total. The molecule has 26 heavy (non-hydrogen) atoms. The van der Waals surface area contributed by atoms with Crippen molar-refractivity contribution in [2.45, 2.75) is 12.5 Å². The van der Waals surface area contributed by atoms with Crippen LogP contribution in [0, 0.1) is 0 Å². The minimum absolute atomic E-state index is 0.0318. The number of carbonyl (C=O) groups excluding carboxylic acids is 1. The van der Waals surface area contributed by atoms with Gasteiger partial charge < -0.3 is 15.4 Å². The number of benzene rings is 2. The molecule has 0 spiro atoms.